The molecule has 18 heavy (non-hydrogen) atoms. The lowest BCUT2D eigenvalue weighted by Gasteiger charge is -2.02. The van der Waals surface area contributed by atoms with Crippen LogP contribution in [-0.4, -0.2) is 39.4 Å². The number of alkyl halides is 1. The number of aromatic amines is 1. The van der Waals surface area contributed by atoms with E-state index in [2.05, 4.69) is 9.97 Å². The second-order valence-corrected chi connectivity index (χ2v) is 5.09. The maximum atomic E-state index is 9.39. The summed E-state index contributed by atoms with van der Waals surface area (Å²) in [7, 11) is 0. The number of H-pyrrole nitrogens is 1. The zero-order valence-corrected chi connectivity index (χ0v) is 11.6. The summed E-state index contributed by atoms with van der Waals surface area (Å²) in [6.45, 7) is 2.59. The lowest BCUT2D eigenvalue weighted by Crippen LogP contribution is -2.11. The molecule has 1 atom stereocenters. The maximum absolute atomic E-state index is 9.39. The number of thioether (sulfide) groups is 1. The highest BCUT2D eigenvalue weighted by Gasteiger charge is 2.08. The van der Waals surface area contributed by atoms with E-state index in [1.807, 2.05) is 25.1 Å². The van der Waals surface area contributed by atoms with Crippen LogP contribution in [0.2, 0.25) is 0 Å². The van der Waals surface area contributed by atoms with Gasteiger partial charge < -0.3 is 14.8 Å². The monoisotopic (exact) mass is 286 g/mol. The summed E-state index contributed by atoms with van der Waals surface area (Å²) in [4.78, 5) is 7.61. The van der Waals surface area contributed by atoms with Gasteiger partial charge in [-0.05, 0) is 19.1 Å². The average molecular weight is 287 g/mol. The SMILES string of the molecule is CCOc1ccc2nc(SC[C@H](O)CCl)[nH]c2c1. The molecule has 0 amide bonds. The van der Waals surface area contributed by atoms with E-state index in [0.717, 1.165) is 21.9 Å². The standard InChI is InChI=1S/C12H15ClN2O2S/c1-2-17-9-3-4-10-11(5-9)15-12(14-10)18-7-8(16)6-13/h3-5,8,16H,2,6-7H2,1H3,(H,14,15)/t8-/m1/s1. The van der Waals surface area contributed by atoms with Crippen molar-refractivity contribution in [2.45, 2.75) is 18.2 Å². The van der Waals surface area contributed by atoms with E-state index in [4.69, 9.17) is 16.3 Å². The highest BCUT2D eigenvalue weighted by molar-refractivity contribution is 7.99. The number of aromatic nitrogens is 2. The Bertz CT molecular complexity index is 518. The summed E-state index contributed by atoms with van der Waals surface area (Å²) in [6, 6.07) is 5.74. The van der Waals surface area contributed by atoms with Crippen molar-refractivity contribution in [3.05, 3.63) is 18.2 Å². The van der Waals surface area contributed by atoms with Crippen LogP contribution in [-0.2, 0) is 0 Å². The molecule has 2 N–H and O–H groups in total. The zero-order valence-electron chi connectivity index (χ0n) is 10.0. The van der Waals surface area contributed by atoms with Crippen LogP contribution in [0.3, 0.4) is 0 Å². The number of nitrogens with zero attached hydrogens (tertiary/aromatic N) is 1. The first-order valence-corrected chi connectivity index (χ1v) is 7.24. The van der Waals surface area contributed by atoms with Crippen LogP contribution >= 0.6 is 23.4 Å². The largest absolute Gasteiger partial charge is 0.494 e. The van der Waals surface area contributed by atoms with Gasteiger partial charge in [0.2, 0.25) is 0 Å². The van der Waals surface area contributed by atoms with E-state index in [1.54, 1.807) is 0 Å². The number of benzene rings is 1. The van der Waals surface area contributed by atoms with Crippen molar-refractivity contribution in [3.63, 3.8) is 0 Å². The van der Waals surface area contributed by atoms with Crippen molar-refractivity contribution in [2.75, 3.05) is 18.2 Å². The van der Waals surface area contributed by atoms with Gasteiger partial charge in [0.1, 0.15) is 5.75 Å². The molecule has 0 fully saturated rings. The summed E-state index contributed by atoms with van der Waals surface area (Å²) in [5.74, 6) is 1.59. The molecule has 6 heteroatoms. The van der Waals surface area contributed by atoms with Gasteiger partial charge in [-0.25, -0.2) is 4.98 Å². The third-order valence-electron chi connectivity index (χ3n) is 2.33. The Hall–Kier alpha value is -0.910. The smallest absolute Gasteiger partial charge is 0.166 e. The number of aliphatic hydroxyl groups excluding tert-OH is 1. The van der Waals surface area contributed by atoms with Gasteiger partial charge in [-0.2, -0.15) is 0 Å². The normalized spacial score (nSPS) is 12.8. The van der Waals surface area contributed by atoms with Crippen molar-refractivity contribution in [3.8, 4) is 5.75 Å². The van der Waals surface area contributed by atoms with Crippen molar-refractivity contribution in [2.24, 2.45) is 0 Å². The van der Waals surface area contributed by atoms with Gasteiger partial charge in [0.15, 0.2) is 5.16 Å². The Kier molecular flexibility index (Phi) is 4.74. The molecule has 4 nitrogen and oxygen atoms in total. The molecule has 0 spiro atoms. The molecule has 0 bridgehead atoms. The highest BCUT2D eigenvalue weighted by atomic mass is 35.5. The van der Waals surface area contributed by atoms with Crippen molar-refractivity contribution in [1.82, 2.24) is 9.97 Å². The zero-order chi connectivity index (χ0) is 13.0. The van der Waals surface area contributed by atoms with Gasteiger partial charge in [-0.15, -0.1) is 11.6 Å². The second kappa shape index (κ2) is 6.31. The number of hydrogen-bond donors (Lipinski definition) is 2. The molecule has 1 heterocycles. The minimum absolute atomic E-state index is 0.238. The molecule has 98 valence electrons. The van der Waals surface area contributed by atoms with E-state index in [-0.39, 0.29) is 5.88 Å². The molecule has 0 aliphatic carbocycles. The number of rotatable bonds is 6. The molecule has 1 aromatic carbocycles. The Balaban J connectivity index is 2.11. The van der Waals surface area contributed by atoms with E-state index in [9.17, 15) is 5.11 Å². The van der Waals surface area contributed by atoms with Crippen LogP contribution in [0.25, 0.3) is 11.0 Å². The van der Waals surface area contributed by atoms with Gasteiger partial charge in [0.05, 0.1) is 23.7 Å². The van der Waals surface area contributed by atoms with E-state index < -0.39 is 6.10 Å². The second-order valence-electron chi connectivity index (χ2n) is 3.77. The Morgan fingerprint density at radius 3 is 3.11 bits per heavy atom. The summed E-state index contributed by atoms with van der Waals surface area (Å²) >= 11 is 7.00. The van der Waals surface area contributed by atoms with Crippen LogP contribution in [0.5, 0.6) is 5.75 Å². The van der Waals surface area contributed by atoms with E-state index in [1.165, 1.54) is 11.8 Å². The predicted molar refractivity (Wildman–Crippen MR) is 74.7 cm³/mol. The molecular formula is C12H15ClN2O2S. The first kappa shape index (κ1) is 13.5. The number of ether oxygens (including phenoxy) is 1. The fraction of sp³-hybridized carbons (Fsp3) is 0.417. The topological polar surface area (TPSA) is 58.1 Å². The Morgan fingerprint density at radius 1 is 1.56 bits per heavy atom. The number of hydrogen-bond acceptors (Lipinski definition) is 4. The first-order chi connectivity index (χ1) is 8.72. The van der Waals surface area contributed by atoms with Gasteiger partial charge in [0.25, 0.3) is 0 Å². The molecular weight excluding hydrogens is 272 g/mol. The molecule has 0 radical (unpaired) electrons. The number of halogens is 1. The number of aliphatic hydroxyl groups is 1. The average Bonchev–Trinajstić information content (AvgIpc) is 2.78. The number of imidazole rings is 1. The fourth-order valence-corrected chi connectivity index (χ4v) is 2.56. The van der Waals surface area contributed by atoms with Crippen LogP contribution in [0.4, 0.5) is 0 Å². The summed E-state index contributed by atoms with van der Waals surface area (Å²) in [5, 5.41) is 10.2. The molecule has 0 saturated carbocycles. The first-order valence-electron chi connectivity index (χ1n) is 5.72. The predicted octanol–water partition coefficient (Wildman–Crippen LogP) is 2.65. The highest BCUT2D eigenvalue weighted by Crippen LogP contribution is 2.23. The Labute approximate surface area is 115 Å². The summed E-state index contributed by atoms with van der Waals surface area (Å²) in [6.07, 6.45) is -0.510. The third kappa shape index (κ3) is 3.31. The number of fused-ring (bicyclic) bond motifs is 1. The molecule has 0 saturated heterocycles. The van der Waals surface area contributed by atoms with Gasteiger partial charge in [-0.3, -0.25) is 0 Å². The van der Waals surface area contributed by atoms with Crippen molar-refractivity contribution in [1.29, 1.82) is 0 Å². The third-order valence-corrected chi connectivity index (χ3v) is 3.71. The van der Waals surface area contributed by atoms with Crippen LogP contribution in [0.1, 0.15) is 6.92 Å². The number of nitrogens with one attached hydrogen (secondary N) is 1. The quantitative estimate of drug-likeness (QED) is 0.633. The summed E-state index contributed by atoms with van der Waals surface area (Å²) < 4.78 is 5.43. The fourth-order valence-electron chi connectivity index (χ4n) is 1.51. The van der Waals surface area contributed by atoms with Gasteiger partial charge >= 0.3 is 0 Å². The molecule has 2 rings (SSSR count). The summed E-state index contributed by atoms with van der Waals surface area (Å²) in [5.41, 5.74) is 1.82. The molecule has 2 aromatic rings. The molecule has 0 unspecified atom stereocenters. The minimum Gasteiger partial charge on any atom is -0.494 e. The van der Waals surface area contributed by atoms with Gasteiger partial charge in [0, 0.05) is 17.7 Å². The molecule has 0 aliphatic rings. The van der Waals surface area contributed by atoms with Crippen LogP contribution in [0, 0.1) is 0 Å². The molecule has 0 aliphatic heterocycles. The molecule has 1 aromatic heterocycles. The van der Waals surface area contributed by atoms with Crippen molar-refractivity contribution >= 4 is 34.4 Å². The van der Waals surface area contributed by atoms with Crippen molar-refractivity contribution < 1.29 is 9.84 Å². The van der Waals surface area contributed by atoms with Gasteiger partial charge in [-0.1, -0.05) is 11.8 Å². The minimum atomic E-state index is -0.510. The van der Waals surface area contributed by atoms with Crippen LogP contribution < -0.4 is 4.74 Å². The van der Waals surface area contributed by atoms with E-state index in [0.29, 0.717) is 12.4 Å². The lowest BCUT2D eigenvalue weighted by atomic mass is 10.3. The van der Waals surface area contributed by atoms with Crippen LogP contribution in [0.15, 0.2) is 23.4 Å². The maximum Gasteiger partial charge on any atom is 0.166 e. The van der Waals surface area contributed by atoms with E-state index >= 15 is 0 Å². The lowest BCUT2D eigenvalue weighted by molar-refractivity contribution is 0.223. The Morgan fingerprint density at radius 2 is 2.39 bits per heavy atom.